The van der Waals surface area contributed by atoms with Crippen molar-refractivity contribution in [2.24, 2.45) is 11.7 Å². The summed E-state index contributed by atoms with van der Waals surface area (Å²) in [7, 11) is 0. The lowest BCUT2D eigenvalue weighted by Crippen LogP contribution is -2.52. The third-order valence-electron chi connectivity index (χ3n) is 3.93. The summed E-state index contributed by atoms with van der Waals surface area (Å²) in [6.07, 6.45) is 2.11. The minimum Gasteiger partial charge on any atom is -0.450 e. The van der Waals surface area contributed by atoms with Crippen molar-refractivity contribution in [2.45, 2.75) is 52.1 Å². The number of amides is 2. The quantitative estimate of drug-likeness (QED) is 0.792. The summed E-state index contributed by atoms with van der Waals surface area (Å²) in [5.41, 5.74) is 5.91. The molecule has 0 aromatic rings. The van der Waals surface area contributed by atoms with Gasteiger partial charge in [-0.1, -0.05) is 20.3 Å². The van der Waals surface area contributed by atoms with Gasteiger partial charge in [0.2, 0.25) is 5.91 Å². The molecular weight excluding hydrogens is 258 g/mol. The van der Waals surface area contributed by atoms with Gasteiger partial charge in [0.05, 0.1) is 12.6 Å². The number of nitrogens with two attached hydrogens (primary N) is 1. The van der Waals surface area contributed by atoms with Crippen molar-refractivity contribution in [2.75, 3.05) is 19.7 Å². The van der Waals surface area contributed by atoms with E-state index >= 15 is 0 Å². The summed E-state index contributed by atoms with van der Waals surface area (Å²) >= 11 is 0. The van der Waals surface area contributed by atoms with Crippen molar-refractivity contribution in [1.82, 2.24) is 10.2 Å². The molecule has 6 heteroatoms. The fraction of sp³-hybridized carbons (Fsp3) is 0.857. The van der Waals surface area contributed by atoms with Crippen molar-refractivity contribution < 1.29 is 14.3 Å². The maximum absolute atomic E-state index is 12.0. The Morgan fingerprint density at radius 2 is 1.95 bits per heavy atom. The van der Waals surface area contributed by atoms with Gasteiger partial charge in [-0.2, -0.15) is 0 Å². The Kier molecular flexibility index (Phi) is 6.78. The fourth-order valence-corrected chi connectivity index (χ4v) is 2.23. The minimum absolute atomic E-state index is 0.0889. The molecule has 1 aliphatic rings. The molecule has 2 amide bonds. The van der Waals surface area contributed by atoms with E-state index in [0.29, 0.717) is 19.7 Å². The van der Waals surface area contributed by atoms with Gasteiger partial charge in [-0.15, -0.1) is 0 Å². The van der Waals surface area contributed by atoms with Crippen LogP contribution in [0, 0.1) is 5.92 Å². The van der Waals surface area contributed by atoms with Gasteiger partial charge in [0.1, 0.15) is 0 Å². The Morgan fingerprint density at radius 3 is 2.45 bits per heavy atom. The van der Waals surface area contributed by atoms with E-state index in [4.69, 9.17) is 10.5 Å². The Hall–Kier alpha value is -1.30. The first-order chi connectivity index (χ1) is 9.49. The second kappa shape index (κ2) is 8.09. The van der Waals surface area contributed by atoms with Crippen molar-refractivity contribution in [3.63, 3.8) is 0 Å². The highest BCUT2D eigenvalue weighted by molar-refractivity contribution is 5.82. The lowest BCUT2D eigenvalue weighted by molar-refractivity contribution is -0.124. The fourth-order valence-electron chi connectivity index (χ4n) is 2.23. The van der Waals surface area contributed by atoms with Crippen LogP contribution in [0.25, 0.3) is 0 Å². The molecule has 1 saturated heterocycles. The molecule has 0 radical (unpaired) electrons. The number of carbonyl (C=O) groups excluding carboxylic acids is 2. The molecule has 0 aliphatic carbocycles. The Bertz CT molecular complexity index is 328. The Balaban J connectivity index is 2.35. The van der Waals surface area contributed by atoms with Crippen molar-refractivity contribution in [1.29, 1.82) is 0 Å². The van der Waals surface area contributed by atoms with Crippen LogP contribution in [0.2, 0.25) is 0 Å². The minimum atomic E-state index is -0.455. The van der Waals surface area contributed by atoms with E-state index in [-0.39, 0.29) is 24.0 Å². The molecular formula is C14H27N3O3. The summed E-state index contributed by atoms with van der Waals surface area (Å²) in [5.74, 6) is 0.0866. The normalized spacial score (nSPS) is 19.3. The maximum Gasteiger partial charge on any atom is 0.409 e. The van der Waals surface area contributed by atoms with E-state index in [2.05, 4.69) is 5.32 Å². The van der Waals surface area contributed by atoms with E-state index in [0.717, 1.165) is 19.3 Å². The zero-order chi connectivity index (χ0) is 15.1. The molecule has 0 aromatic carbocycles. The molecule has 1 heterocycles. The summed E-state index contributed by atoms with van der Waals surface area (Å²) in [6, 6.07) is -0.355. The highest BCUT2D eigenvalue weighted by Crippen LogP contribution is 2.13. The number of likely N-dealkylation sites (tertiary alicyclic amines) is 1. The lowest BCUT2D eigenvalue weighted by atomic mass is 9.98. The smallest absolute Gasteiger partial charge is 0.409 e. The first-order valence-corrected chi connectivity index (χ1v) is 7.47. The molecule has 1 rings (SSSR count). The lowest BCUT2D eigenvalue weighted by Gasteiger charge is -2.32. The molecule has 0 saturated carbocycles. The number of nitrogens with zero attached hydrogens (tertiary/aromatic N) is 1. The van der Waals surface area contributed by atoms with Gasteiger partial charge in [0.25, 0.3) is 0 Å². The van der Waals surface area contributed by atoms with Gasteiger partial charge in [-0.3, -0.25) is 4.79 Å². The predicted molar refractivity (Wildman–Crippen MR) is 77.2 cm³/mol. The van der Waals surface area contributed by atoms with Crippen LogP contribution in [0.1, 0.15) is 40.0 Å². The molecule has 1 fully saturated rings. The summed E-state index contributed by atoms with van der Waals surface area (Å²) in [6.45, 7) is 7.41. The van der Waals surface area contributed by atoms with E-state index in [1.54, 1.807) is 11.8 Å². The second-order valence-corrected chi connectivity index (χ2v) is 5.38. The summed E-state index contributed by atoms with van der Waals surface area (Å²) in [4.78, 5) is 25.2. The number of rotatable bonds is 5. The predicted octanol–water partition coefficient (Wildman–Crippen LogP) is 1.10. The van der Waals surface area contributed by atoms with E-state index in [9.17, 15) is 9.59 Å². The van der Waals surface area contributed by atoms with Gasteiger partial charge < -0.3 is 20.7 Å². The van der Waals surface area contributed by atoms with Crippen LogP contribution < -0.4 is 11.1 Å². The van der Waals surface area contributed by atoms with Crippen LogP contribution >= 0.6 is 0 Å². The average molecular weight is 285 g/mol. The third-order valence-corrected chi connectivity index (χ3v) is 3.93. The molecule has 0 spiro atoms. The third kappa shape index (κ3) is 4.67. The van der Waals surface area contributed by atoms with Crippen molar-refractivity contribution >= 4 is 12.0 Å². The molecule has 20 heavy (non-hydrogen) atoms. The van der Waals surface area contributed by atoms with Gasteiger partial charge in [-0.05, 0) is 25.7 Å². The van der Waals surface area contributed by atoms with Gasteiger partial charge in [0, 0.05) is 19.1 Å². The molecule has 6 nitrogen and oxygen atoms in total. The number of carbonyl (C=O) groups is 2. The first kappa shape index (κ1) is 16.8. The van der Waals surface area contributed by atoms with Crippen LogP contribution in [0.5, 0.6) is 0 Å². The van der Waals surface area contributed by atoms with E-state index < -0.39 is 6.04 Å². The SMILES string of the molecule is CCOC(=O)N1CCC(NC(=O)C(N)C(C)CC)CC1. The molecule has 2 atom stereocenters. The summed E-state index contributed by atoms with van der Waals surface area (Å²) < 4.78 is 4.96. The Morgan fingerprint density at radius 1 is 1.35 bits per heavy atom. The van der Waals surface area contributed by atoms with Gasteiger partial charge in [0.15, 0.2) is 0 Å². The van der Waals surface area contributed by atoms with Crippen LogP contribution in [0.15, 0.2) is 0 Å². The first-order valence-electron chi connectivity index (χ1n) is 7.47. The highest BCUT2D eigenvalue weighted by Gasteiger charge is 2.27. The number of nitrogens with one attached hydrogen (secondary N) is 1. The van der Waals surface area contributed by atoms with Gasteiger partial charge >= 0.3 is 6.09 Å². The zero-order valence-corrected chi connectivity index (χ0v) is 12.7. The number of ether oxygens (including phenoxy) is 1. The maximum atomic E-state index is 12.0. The number of piperidine rings is 1. The summed E-state index contributed by atoms with van der Waals surface area (Å²) in [5, 5.41) is 2.98. The highest BCUT2D eigenvalue weighted by atomic mass is 16.6. The average Bonchev–Trinajstić information content (AvgIpc) is 2.46. The molecule has 116 valence electrons. The van der Waals surface area contributed by atoms with E-state index in [1.165, 1.54) is 0 Å². The molecule has 1 aliphatic heterocycles. The second-order valence-electron chi connectivity index (χ2n) is 5.38. The standard InChI is InChI=1S/C14H27N3O3/c1-4-10(3)12(15)13(18)16-11-6-8-17(9-7-11)14(19)20-5-2/h10-12H,4-9,15H2,1-3H3,(H,16,18). The van der Waals surface area contributed by atoms with Crippen molar-refractivity contribution in [3.8, 4) is 0 Å². The van der Waals surface area contributed by atoms with Crippen LogP contribution in [-0.4, -0.2) is 48.7 Å². The molecule has 2 unspecified atom stereocenters. The molecule has 0 aromatic heterocycles. The van der Waals surface area contributed by atoms with Crippen LogP contribution in [0.4, 0.5) is 4.79 Å². The van der Waals surface area contributed by atoms with Gasteiger partial charge in [-0.25, -0.2) is 4.79 Å². The van der Waals surface area contributed by atoms with Crippen LogP contribution in [-0.2, 0) is 9.53 Å². The van der Waals surface area contributed by atoms with E-state index in [1.807, 2.05) is 13.8 Å². The van der Waals surface area contributed by atoms with Crippen LogP contribution in [0.3, 0.4) is 0 Å². The number of hydrogen-bond donors (Lipinski definition) is 2. The van der Waals surface area contributed by atoms with Crippen molar-refractivity contribution in [3.05, 3.63) is 0 Å². The Labute approximate surface area is 121 Å². The zero-order valence-electron chi connectivity index (χ0n) is 12.7. The number of hydrogen-bond acceptors (Lipinski definition) is 4. The topological polar surface area (TPSA) is 84.7 Å². The molecule has 0 bridgehead atoms. The monoisotopic (exact) mass is 285 g/mol. The largest absolute Gasteiger partial charge is 0.450 e. The molecule has 3 N–H and O–H groups in total.